The first kappa shape index (κ1) is 21.4. The van der Waals surface area contributed by atoms with E-state index in [9.17, 15) is 9.59 Å². The van der Waals surface area contributed by atoms with Crippen LogP contribution in [0.5, 0.6) is 5.75 Å². The molecule has 2 aromatic carbocycles. The molecule has 3 aromatic rings. The van der Waals surface area contributed by atoms with Gasteiger partial charge < -0.3 is 19.9 Å². The highest BCUT2D eigenvalue weighted by Crippen LogP contribution is 2.29. The van der Waals surface area contributed by atoms with Crippen molar-refractivity contribution in [3.63, 3.8) is 0 Å². The van der Waals surface area contributed by atoms with Gasteiger partial charge in [-0.15, -0.1) is 0 Å². The summed E-state index contributed by atoms with van der Waals surface area (Å²) in [6, 6.07) is 13.9. The van der Waals surface area contributed by atoms with E-state index in [1.54, 1.807) is 25.3 Å². The summed E-state index contributed by atoms with van der Waals surface area (Å²) in [4.78, 5) is 23.8. The zero-order chi connectivity index (χ0) is 21.7. The van der Waals surface area contributed by atoms with Gasteiger partial charge in [-0.1, -0.05) is 18.2 Å². The summed E-state index contributed by atoms with van der Waals surface area (Å²) in [6.07, 6.45) is 4.17. The Hall–Kier alpha value is -3.28. The van der Waals surface area contributed by atoms with Crippen molar-refractivity contribution < 1.29 is 14.3 Å². The van der Waals surface area contributed by atoms with Crippen LogP contribution in [0.4, 0.5) is 11.4 Å². The van der Waals surface area contributed by atoms with Crippen molar-refractivity contribution in [2.24, 2.45) is 0 Å². The molecule has 0 bridgehead atoms. The Kier molecular flexibility index (Phi) is 6.77. The molecule has 3 rings (SSSR count). The lowest BCUT2D eigenvalue weighted by Crippen LogP contribution is -2.13. The number of nitrogens with one attached hydrogen (secondary N) is 2. The number of carbonyl (C=O) groups is 2. The van der Waals surface area contributed by atoms with Crippen molar-refractivity contribution in [3.8, 4) is 5.75 Å². The second-order valence-corrected chi connectivity index (χ2v) is 7.67. The molecule has 6 nitrogen and oxygen atoms in total. The molecule has 0 aliphatic heterocycles. The molecule has 0 fully saturated rings. The van der Waals surface area contributed by atoms with E-state index in [1.165, 1.54) is 23.4 Å². The zero-order valence-electron chi connectivity index (χ0n) is 18.0. The van der Waals surface area contributed by atoms with Crippen LogP contribution >= 0.6 is 0 Å². The molecule has 2 amide bonds. The highest BCUT2D eigenvalue weighted by Gasteiger charge is 2.12. The monoisotopic (exact) mass is 407 g/mol. The zero-order valence-corrected chi connectivity index (χ0v) is 18.0. The third kappa shape index (κ3) is 5.00. The number of aryl methyl sites for hydroxylation is 1. The lowest BCUT2D eigenvalue weighted by atomic mass is 10.1. The number of hydrogen-bond acceptors (Lipinski definition) is 3. The van der Waals surface area contributed by atoms with Gasteiger partial charge in [0, 0.05) is 42.2 Å². The molecule has 0 radical (unpaired) electrons. The topological polar surface area (TPSA) is 72.4 Å². The van der Waals surface area contributed by atoms with Gasteiger partial charge in [-0.25, -0.2) is 0 Å². The SMILES string of the molecule is COc1ccc(NC(C)=O)cc1NC(=O)CCCc1cn(C(C)C)c2ccccc12. The van der Waals surface area contributed by atoms with E-state index in [0.29, 0.717) is 29.6 Å². The first-order chi connectivity index (χ1) is 14.4. The minimum atomic E-state index is -0.169. The van der Waals surface area contributed by atoms with Crippen LogP contribution in [0.1, 0.15) is 45.2 Å². The van der Waals surface area contributed by atoms with Gasteiger partial charge in [0.05, 0.1) is 12.8 Å². The fraction of sp³-hybridized carbons (Fsp3) is 0.333. The summed E-state index contributed by atoms with van der Waals surface area (Å²) >= 11 is 0. The molecule has 0 aliphatic carbocycles. The first-order valence-electron chi connectivity index (χ1n) is 10.2. The Balaban J connectivity index is 1.65. The van der Waals surface area contributed by atoms with Gasteiger partial charge in [-0.05, 0) is 56.5 Å². The maximum absolute atomic E-state index is 12.5. The molecule has 0 unspecified atom stereocenters. The van der Waals surface area contributed by atoms with Crippen LogP contribution in [-0.2, 0) is 16.0 Å². The van der Waals surface area contributed by atoms with Gasteiger partial charge >= 0.3 is 0 Å². The molecule has 1 heterocycles. The maximum Gasteiger partial charge on any atom is 0.224 e. The van der Waals surface area contributed by atoms with E-state index >= 15 is 0 Å². The van der Waals surface area contributed by atoms with E-state index in [-0.39, 0.29) is 11.8 Å². The quantitative estimate of drug-likeness (QED) is 0.542. The lowest BCUT2D eigenvalue weighted by molar-refractivity contribution is -0.116. The van der Waals surface area contributed by atoms with Crippen LogP contribution in [0, 0.1) is 0 Å². The van der Waals surface area contributed by atoms with Crippen molar-refractivity contribution in [1.29, 1.82) is 0 Å². The number of fused-ring (bicyclic) bond motifs is 1. The predicted molar refractivity (Wildman–Crippen MR) is 121 cm³/mol. The summed E-state index contributed by atoms with van der Waals surface area (Å²) in [7, 11) is 1.55. The Morgan fingerprint density at radius 3 is 2.57 bits per heavy atom. The average molecular weight is 408 g/mol. The number of ether oxygens (including phenoxy) is 1. The van der Waals surface area contributed by atoms with Gasteiger partial charge in [0.1, 0.15) is 5.75 Å². The number of benzene rings is 2. The van der Waals surface area contributed by atoms with Gasteiger partial charge in [0.25, 0.3) is 0 Å². The van der Waals surface area contributed by atoms with Gasteiger partial charge in [-0.3, -0.25) is 9.59 Å². The summed E-state index contributed by atoms with van der Waals surface area (Å²) in [6.45, 7) is 5.79. The van der Waals surface area contributed by atoms with Crippen LogP contribution in [0.25, 0.3) is 10.9 Å². The number of aromatic nitrogens is 1. The van der Waals surface area contributed by atoms with Gasteiger partial charge in [0.2, 0.25) is 11.8 Å². The normalized spacial score (nSPS) is 11.0. The molecule has 6 heteroatoms. The first-order valence-corrected chi connectivity index (χ1v) is 10.2. The van der Waals surface area contributed by atoms with Gasteiger partial charge in [-0.2, -0.15) is 0 Å². The Morgan fingerprint density at radius 1 is 1.10 bits per heavy atom. The van der Waals surface area contributed by atoms with Crippen molar-refractivity contribution in [3.05, 3.63) is 54.2 Å². The smallest absolute Gasteiger partial charge is 0.224 e. The second kappa shape index (κ2) is 9.48. The van der Waals surface area contributed by atoms with Crippen molar-refractivity contribution >= 4 is 34.1 Å². The minimum Gasteiger partial charge on any atom is -0.495 e. The molecule has 0 aliphatic rings. The number of amides is 2. The fourth-order valence-corrected chi connectivity index (χ4v) is 3.64. The van der Waals surface area contributed by atoms with E-state index in [0.717, 1.165) is 12.8 Å². The van der Waals surface area contributed by atoms with Crippen molar-refractivity contribution in [2.75, 3.05) is 17.7 Å². The summed E-state index contributed by atoms with van der Waals surface area (Å²) in [5.41, 5.74) is 3.65. The van der Waals surface area contributed by atoms with Crippen LogP contribution < -0.4 is 15.4 Å². The summed E-state index contributed by atoms with van der Waals surface area (Å²) in [5, 5.41) is 6.86. The molecule has 0 atom stereocenters. The average Bonchev–Trinajstić information content (AvgIpc) is 3.07. The van der Waals surface area contributed by atoms with E-state index < -0.39 is 0 Å². The number of methoxy groups -OCH3 is 1. The van der Waals surface area contributed by atoms with Crippen LogP contribution in [-0.4, -0.2) is 23.5 Å². The molecular weight excluding hydrogens is 378 g/mol. The number of anilines is 2. The molecule has 2 N–H and O–H groups in total. The number of hydrogen-bond donors (Lipinski definition) is 2. The third-order valence-corrected chi connectivity index (χ3v) is 5.02. The number of carbonyl (C=O) groups excluding carboxylic acids is 2. The highest BCUT2D eigenvalue weighted by atomic mass is 16.5. The lowest BCUT2D eigenvalue weighted by Gasteiger charge is -2.12. The largest absolute Gasteiger partial charge is 0.495 e. The Labute approximate surface area is 177 Å². The predicted octanol–water partition coefficient (Wildman–Crippen LogP) is 5.15. The van der Waals surface area contributed by atoms with Crippen LogP contribution in [0.15, 0.2) is 48.7 Å². The molecule has 158 valence electrons. The third-order valence-electron chi connectivity index (χ3n) is 5.02. The Morgan fingerprint density at radius 2 is 1.87 bits per heavy atom. The van der Waals surface area contributed by atoms with E-state index in [2.05, 4.69) is 59.5 Å². The molecule has 30 heavy (non-hydrogen) atoms. The molecule has 0 spiro atoms. The molecule has 0 saturated carbocycles. The van der Waals surface area contributed by atoms with Gasteiger partial charge in [0.15, 0.2) is 0 Å². The number of rotatable bonds is 8. The standard InChI is InChI=1S/C24H29N3O3/c1-16(2)27-15-18(20-9-5-6-10-22(20)27)8-7-11-24(29)26-21-14-19(25-17(3)28)12-13-23(21)30-4/h5-6,9-10,12-16H,7-8,11H2,1-4H3,(H,25,28)(H,26,29). The highest BCUT2D eigenvalue weighted by molar-refractivity contribution is 5.95. The minimum absolute atomic E-state index is 0.0825. The van der Waals surface area contributed by atoms with Crippen LogP contribution in [0.2, 0.25) is 0 Å². The number of nitrogens with zero attached hydrogens (tertiary/aromatic N) is 1. The summed E-state index contributed by atoms with van der Waals surface area (Å²) < 4.78 is 7.60. The second-order valence-electron chi connectivity index (χ2n) is 7.67. The Bertz CT molecular complexity index is 1050. The van der Waals surface area contributed by atoms with E-state index in [1.807, 2.05) is 0 Å². The molecule has 0 saturated heterocycles. The number of para-hydroxylation sites is 1. The molecular formula is C24H29N3O3. The van der Waals surface area contributed by atoms with E-state index in [4.69, 9.17) is 4.74 Å². The fourth-order valence-electron chi connectivity index (χ4n) is 3.64. The maximum atomic E-state index is 12.5. The summed E-state index contributed by atoms with van der Waals surface area (Å²) in [5.74, 6) is 0.302. The van der Waals surface area contributed by atoms with Crippen LogP contribution in [0.3, 0.4) is 0 Å². The van der Waals surface area contributed by atoms with Crippen molar-refractivity contribution in [2.45, 2.75) is 46.1 Å². The molecule has 1 aromatic heterocycles. The van der Waals surface area contributed by atoms with Crippen molar-refractivity contribution in [1.82, 2.24) is 4.57 Å².